The van der Waals surface area contributed by atoms with E-state index in [1.165, 1.54) is 0 Å². The standard InChI is InChI=1S/C13H18BN3/c1-5-13(14,6-2)11-7-9(3)15-12-8-10(4)16-17(11)12/h7-8H,5-6H2,1-4H3. The molecule has 0 unspecified atom stereocenters. The lowest BCUT2D eigenvalue weighted by Crippen LogP contribution is -2.28. The molecule has 2 aromatic rings. The molecular formula is C13H18BN3. The van der Waals surface area contributed by atoms with Crippen LogP contribution >= 0.6 is 0 Å². The van der Waals surface area contributed by atoms with Crippen molar-refractivity contribution < 1.29 is 0 Å². The fourth-order valence-electron chi connectivity index (χ4n) is 2.18. The van der Waals surface area contributed by atoms with Crippen molar-refractivity contribution in [2.45, 2.75) is 45.9 Å². The quantitative estimate of drug-likeness (QED) is 0.754. The highest BCUT2D eigenvalue weighted by Crippen LogP contribution is 2.28. The van der Waals surface area contributed by atoms with Gasteiger partial charge in [-0.2, -0.15) is 5.10 Å². The number of hydrogen-bond acceptors (Lipinski definition) is 2. The maximum absolute atomic E-state index is 6.47. The van der Waals surface area contributed by atoms with E-state index in [1.807, 2.05) is 30.5 Å². The molecule has 0 aliphatic heterocycles. The van der Waals surface area contributed by atoms with Gasteiger partial charge in [-0.3, -0.25) is 0 Å². The van der Waals surface area contributed by atoms with Crippen LogP contribution in [0.15, 0.2) is 12.1 Å². The summed E-state index contributed by atoms with van der Waals surface area (Å²) in [5, 5.41) is 4.16. The van der Waals surface area contributed by atoms with E-state index in [0.29, 0.717) is 0 Å². The topological polar surface area (TPSA) is 30.2 Å². The fraction of sp³-hybridized carbons (Fsp3) is 0.538. The van der Waals surface area contributed by atoms with Gasteiger partial charge < -0.3 is 0 Å². The minimum atomic E-state index is -0.329. The molecule has 0 fully saturated rings. The summed E-state index contributed by atoms with van der Waals surface area (Å²) < 4.78 is 1.88. The Bertz CT molecular complexity index is 541. The first-order valence-corrected chi connectivity index (χ1v) is 6.13. The van der Waals surface area contributed by atoms with Gasteiger partial charge in [0.1, 0.15) is 0 Å². The molecule has 3 nitrogen and oxygen atoms in total. The molecule has 0 spiro atoms. The molecule has 0 atom stereocenters. The lowest BCUT2D eigenvalue weighted by molar-refractivity contribution is 0.530. The molecule has 0 N–H and O–H groups in total. The zero-order chi connectivity index (χ0) is 12.6. The molecule has 2 aromatic heterocycles. The summed E-state index contributed by atoms with van der Waals surface area (Å²) in [6.07, 6.45) is 1.78. The summed E-state index contributed by atoms with van der Waals surface area (Å²) in [7, 11) is 6.47. The summed E-state index contributed by atoms with van der Waals surface area (Å²) >= 11 is 0. The Morgan fingerprint density at radius 1 is 1.18 bits per heavy atom. The van der Waals surface area contributed by atoms with Crippen LogP contribution < -0.4 is 0 Å². The van der Waals surface area contributed by atoms with Crippen LogP contribution in [0.5, 0.6) is 0 Å². The van der Waals surface area contributed by atoms with Crippen LogP contribution in [0.3, 0.4) is 0 Å². The van der Waals surface area contributed by atoms with E-state index in [-0.39, 0.29) is 5.31 Å². The van der Waals surface area contributed by atoms with Gasteiger partial charge in [-0.1, -0.05) is 26.7 Å². The second-order valence-corrected chi connectivity index (χ2v) is 4.70. The second-order valence-electron chi connectivity index (χ2n) is 4.70. The lowest BCUT2D eigenvalue weighted by Gasteiger charge is -2.28. The van der Waals surface area contributed by atoms with Crippen LogP contribution in [0.2, 0.25) is 0 Å². The van der Waals surface area contributed by atoms with Gasteiger partial charge >= 0.3 is 0 Å². The molecule has 0 aliphatic rings. The van der Waals surface area contributed by atoms with Gasteiger partial charge in [0.25, 0.3) is 0 Å². The van der Waals surface area contributed by atoms with Crippen LogP contribution in [0.4, 0.5) is 0 Å². The molecule has 0 saturated heterocycles. The van der Waals surface area contributed by atoms with Crippen molar-refractivity contribution in [3.63, 3.8) is 0 Å². The normalized spacial score (nSPS) is 12.2. The molecule has 2 rings (SSSR count). The minimum absolute atomic E-state index is 0.329. The van der Waals surface area contributed by atoms with Gasteiger partial charge in [-0.25, -0.2) is 9.50 Å². The highest BCUT2D eigenvalue weighted by Gasteiger charge is 2.25. The molecule has 0 aliphatic carbocycles. The Hall–Kier alpha value is -1.32. The molecule has 2 radical (unpaired) electrons. The fourth-order valence-corrected chi connectivity index (χ4v) is 2.18. The van der Waals surface area contributed by atoms with Crippen LogP contribution in [0.25, 0.3) is 5.65 Å². The van der Waals surface area contributed by atoms with Crippen molar-refractivity contribution in [3.8, 4) is 0 Å². The first-order chi connectivity index (χ1) is 8.00. The van der Waals surface area contributed by atoms with E-state index < -0.39 is 0 Å². The first-order valence-electron chi connectivity index (χ1n) is 6.13. The second kappa shape index (κ2) is 4.17. The Morgan fingerprint density at radius 3 is 2.41 bits per heavy atom. The lowest BCUT2D eigenvalue weighted by atomic mass is 9.62. The average Bonchev–Trinajstić information content (AvgIpc) is 2.67. The van der Waals surface area contributed by atoms with Crippen LogP contribution in [-0.2, 0) is 5.31 Å². The Kier molecular flexibility index (Phi) is 2.98. The van der Waals surface area contributed by atoms with Crippen molar-refractivity contribution in [1.29, 1.82) is 0 Å². The van der Waals surface area contributed by atoms with Gasteiger partial charge in [-0.15, -0.1) is 0 Å². The minimum Gasteiger partial charge on any atom is -0.234 e. The number of fused-ring (bicyclic) bond motifs is 1. The number of nitrogens with zero attached hydrogens (tertiary/aromatic N) is 3. The van der Waals surface area contributed by atoms with E-state index in [0.717, 1.165) is 35.6 Å². The van der Waals surface area contributed by atoms with Crippen molar-refractivity contribution in [2.75, 3.05) is 0 Å². The number of hydrogen-bond donors (Lipinski definition) is 0. The highest BCUT2D eigenvalue weighted by molar-refractivity contribution is 6.15. The summed E-state index contributed by atoms with van der Waals surface area (Å²) in [5.74, 6) is 0. The van der Waals surface area contributed by atoms with Crippen LogP contribution in [0, 0.1) is 13.8 Å². The van der Waals surface area contributed by atoms with Gasteiger partial charge in [0.2, 0.25) is 0 Å². The molecule has 0 saturated carbocycles. The molecule has 2 heterocycles. The Balaban J connectivity index is 2.75. The van der Waals surface area contributed by atoms with E-state index in [1.54, 1.807) is 0 Å². The van der Waals surface area contributed by atoms with Crippen molar-refractivity contribution >= 4 is 13.5 Å². The summed E-state index contributed by atoms with van der Waals surface area (Å²) in [6, 6.07) is 4.04. The van der Waals surface area contributed by atoms with Crippen molar-refractivity contribution in [2.24, 2.45) is 0 Å². The first kappa shape index (κ1) is 12.2. The third kappa shape index (κ3) is 1.96. The van der Waals surface area contributed by atoms with Crippen molar-refractivity contribution in [3.05, 3.63) is 29.2 Å². The largest absolute Gasteiger partial charge is 0.234 e. The molecule has 88 valence electrons. The Morgan fingerprint density at radius 2 is 1.82 bits per heavy atom. The molecule has 0 amide bonds. The van der Waals surface area contributed by atoms with Gasteiger partial charge in [0.15, 0.2) is 5.65 Å². The maximum Gasteiger partial charge on any atom is 0.155 e. The zero-order valence-corrected chi connectivity index (χ0v) is 11.0. The van der Waals surface area contributed by atoms with E-state index in [4.69, 9.17) is 7.85 Å². The predicted molar refractivity (Wildman–Crippen MR) is 70.5 cm³/mol. The van der Waals surface area contributed by atoms with Crippen LogP contribution in [0.1, 0.15) is 43.8 Å². The third-order valence-corrected chi connectivity index (χ3v) is 3.45. The summed E-state index contributed by atoms with van der Waals surface area (Å²) in [5.41, 5.74) is 3.90. The molecule has 17 heavy (non-hydrogen) atoms. The molecule has 0 bridgehead atoms. The predicted octanol–water partition coefficient (Wildman–Crippen LogP) is 2.53. The number of rotatable bonds is 3. The highest BCUT2D eigenvalue weighted by atomic mass is 15.3. The number of aryl methyl sites for hydroxylation is 2. The molecule has 0 aromatic carbocycles. The number of aromatic nitrogens is 3. The Labute approximate surface area is 104 Å². The molecular weight excluding hydrogens is 209 g/mol. The smallest absolute Gasteiger partial charge is 0.155 e. The summed E-state index contributed by atoms with van der Waals surface area (Å²) in [6.45, 7) is 8.20. The SMILES string of the molecule is [B]C(CC)(CC)c1cc(C)nc2cc(C)nn12. The van der Waals surface area contributed by atoms with Gasteiger partial charge in [-0.05, 0) is 25.2 Å². The van der Waals surface area contributed by atoms with E-state index in [9.17, 15) is 0 Å². The van der Waals surface area contributed by atoms with Gasteiger partial charge in [0, 0.05) is 17.5 Å². The molecule has 4 heteroatoms. The monoisotopic (exact) mass is 227 g/mol. The summed E-state index contributed by atoms with van der Waals surface area (Å²) in [4.78, 5) is 4.48. The maximum atomic E-state index is 6.47. The average molecular weight is 227 g/mol. The van der Waals surface area contributed by atoms with E-state index in [2.05, 4.69) is 23.9 Å². The third-order valence-electron chi connectivity index (χ3n) is 3.45. The van der Waals surface area contributed by atoms with E-state index >= 15 is 0 Å². The van der Waals surface area contributed by atoms with Crippen molar-refractivity contribution in [1.82, 2.24) is 14.6 Å². The van der Waals surface area contributed by atoms with Gasteiger partial charge in [0.05, 0.1) is 13.5 Å². The van der Waals surface area contributed by atoms with Crippen LogP contribution in [-0.4, -0.2) is 22.4 Å². The zero-order valence-electron chi connectivity index (χ0n) is 11.0.